The first-order valence-electron chi connectivity index (χ1n) is 4.03. The molecule has 0 radical (unpaired) electrons. The van der Waals surface area contributed by atoms with Crippen molar-refractivity contribution in [3.63, 3.8) is 0 Å². The topological polar surface area (TPSA) is 69.2 Å². The summed E-state index contributed by atoms with van der Waals surface area (Å²) in [7, 11) is 0. The molecule has 0 fully saturated rings. The molecule has 0 bridgehead atoms. The first kappa shape index (κ1) is 9.85. The van der Waals surface area contributed by atoms with Crippen LogP contribution in [-0.4, -0.2) is 10.1 Å². The van der Waals surface area contributed by atoms with E-state index in [1.54, 1.807) is 12.1 Å². The largest absolute Gasteiger partial charge is 0.355 e. The second-order valence-corrected chi connectivity index (χ2v) is 3.66. The van der Waals surface area contributed by atoms with E-state index in [4.69, 9.17) is 4.52 Å². The van der Waals surface area contributed by atoms with Crippen molar-refractivity contribution >= 4 is 21.6 Å². The maximum atomic E-state index is 10.6. The average Bonchev–Trinajstić information content (AvgIpc) is 2.64. The number of nitro benzene ring substituents is 1. The lowest BCUT2D eigenvalue weighted by molar-refractivity contribution is -0.384. The van der Waals surface area contributed by atoms with E-state index in [1.807, 2.05) is 0 Å². The van der Waals surface area contributed by atoms with Crippen LogP contribution in [0.25, 0.3) is 11.3 Å². The van der Waals surface area contributed by atoms with E-state index < -0.39 is 4.92 Å². The predicted octanol–water partition coefficient (Wildman–Crippen LogP) is 3.01. The molecule has 0 saturated heterocycles. The number of nitrogens with zero attached hydrogens (tertiary/aromatic N) is 2. The second kappa shape index (κ2) is 3.82. The quantitative estimate of drug-likeness (QED) is 0.620. The molecule has 6 heteroatoms. The first-order valence-corrected chi connectivity index (χ1v) is 4.83. The molecule has 1 heterocycles. The molecule has 5 nitrogen and oxygen atoms in total. The van der Waals surface area contributed by atoms with Crippen molar-refractivity contribution in [1.82, 2.24) is 5.16 Å². The van der Waals surface area contributed by atoms with Crippen LogP contribution in [-0.2, 0) is 0 Å². The molecule has 0 atom stereocenters. The Hall–Kier alpha value is -1.69. The van der Waals surface area contributed by atoms with Gasteiger partial charge in [-0.1, -0.05) is 17.3 Å². The fourth-order valence-corrected chi connectivity index (χ4v) is 1.56. The van der Waals surface area contributed by atoms with Gasteiger partial charge in [0.15, 0.2) is 5.76 Å². The lowest BCUT2D eigenvalue weighted by Gasteiger charge is -1.96. The molecule has 0 aliphatic rings. The summed E-state index contributed by atoms with van der Waals surface area (Å²) in [5.74, 6) is 0.485. The van der Waals surface area contributed by atoms with E-state index in [-0.39, 0.29) is 5.69 Å². The molecule has 2 aromatic rings. The number of benzene rings is 1. The zero-order valence-electron chi connectivity index (χ0n) is 7.38. The van der Waals surface area contributed by atoms with Gasteiger partial charge in [0.25, 0.3) is 5.69 Å². The summed E-state index contributed by atoms with van der Waals surface area (Å²) >= 11 is 3.24. The molecule has 1 aromatic heterocycles. The van der Waals surface area contributed by atoms with E-state index in [0.717, 1.165) is 0 Å². The molecule has 0 aliphatic carbocycles. The summed E-state index contributed by atoms with van der Waals surface area (Å²) in [6, 6.07) is 6.18. The van der Waals surface area contributed by atoms with Gasteiger partial charge in [0.05, 0.1) is 15.6 Å². The molecule has 0 saturated carbocycles. The van der Waals surface area contributed by atoms with Gasteiger partial charge in [0.1, 0.15) is 0 Å². The highest BCUT2D eigenvalue weighted by Crippen LogP contribution is 2.29. The minimum Gasteiger partial charge on any atom is -0.355 e. The first-order chi connectivity index (χ1) is 7.18. The van der Waals surface area contributed by atoms with Crippen LogP contribution in [0.15, 0.2) is 39.5 Å². The Bertz CT molecular complexity index is 510. The molecule has 0 amide bonds. The van der Waals surface area contributed by atoms with E-state index in [2.05, 4.69) is 21.1 Å². The Labute approximate surface area is 93.0 Å². The number of hydrogen-bond donors (Lipinski definition) is 0. The number of hydrogen-bond acceptors (Lipinski definition) is 4. The third-order valence-electron chi connectivity index (χ3n) is 1.85. The predicted molar refractivity (Wildman–Crippen MR) is 56.3 cm³/mol. The molecule has 2 rings (SSSR count). The highest BCUT2D eigenvalue weighted by Gasteiger charge is 2.12. The van der Waals surface area contributed by atoms with Crippen molar-refractivity contribution in [2.75, 3.05) is 0 Å². The zero-order chi connectivity index (χ0) is 10.8. The maximum absolute atomic E-state index is 10.6. The van der Waals surface area contributed by atoms with Crippen LogP contribution >= 0.6 is 15.9 Å². The lowest BCUT2D eigenvalue weighted by atomic mass is 10.1. The van der Waals surface area contributed by atoms with Gasteiger partial charge >= 0.3 is 0 Å². The standard InChI is InChI=1S/C9H5BrN2O3/c10-8-5-11-15-9(8)6-2-1-3-7(4-6)12(13)14/h1-5H. The minimum atomic E-state index is -0.451. The van der Waals surface area contributed by atoms with E-state index in [1.165, 1.54) is 18.3 Å². The van der Waals surface area contributed by atoms with Crippen LogP contribution in [0.4, 0.5) is 5.69 Å². The summed E-state index contributed by atoms with van der Waals surface area (Å²) in [6.07, 6.45) is 1.49. The van der Waals surface area contributed by atoms with Crippen molar-refractivity contribution in [3.8, 4) is 11.3 Å². The van der Waals surface area contributed by atoms with Gasteiger partial charge in [-0.15, -0.1) is 0 Å². The van der Waals surface area contributed by atoms with E-state index >= 15 is 0 Å². The number of halogens is 1. The van der Waals surface area contributed by atoms with Gasteiger partial charge in [0, 0.05) is 17.7 Å². The summed E-state index contributed by atoms with van der Waals surface area (Å²) in [6.45, 7) is 0. The van der Waals surface area contributed by atoms with Crippen LogP contribution in [0.2, 0.25) is 0 Å². The van der Waals surface area contributed by atoms with Gasteiger partial charge in [-0.2, -0.15) is 0 Å². The molecule has 1 aromatic carbocycles. The van der Waals surface area contributed by atoms with E-state index in [0.29, 0.717) is 15.8 Å². The van der Waals surface area contributed by atoms with Gasteiger partial charge < -0.3 is 4.52 Å². The number of nitro groups is 1. The summed E-state index contributed by atoms with van der Waals surface area (Å²) < 4.78 is 5.64. The summed E-state index contributed by atoms with van der Waals surface area (Å²) in [4.78, 5) is 10.1. The van der Waals surface area contributed by atoms with Crippen molar-refractivity contribution in [2.24, 2.45) is 0 Å². The van der Waals surface area contributed by atoms with E-state index in [9.17, 15) is 10.1 Å². The monoisotopic (exact) mass is 268 g/mol. The smallest absolute Gasteiger partial charge is 0.270 e. The van der Waals surface area contributed by atoms with Crippen LogP contribution in [0.5, 0.6) is 0 Å². The Morgan fingerprint density at radius 2 is 2.27 bits per heavy atom. The normalized spacial score (nSPS) is 10.2. The van der Waals surface area contributed by atoms with Crippen LogP contribution in [0.3, 0.4) is 0 Å². The Morgan fingerprint density at radius 1 is 1.47 bits per heavy atom. The summed E-state index contributed by atoms with van der Waals surface area (Å²) in [5.41, 5.74) is 0.643. The lowest BCUT2D eigenvalue weighted by Crippen LogP contribution is -1.87. The third kappa shape index (κ3) is 1.89. The molecular formula is C9H5BrN2O3. The van der Waals surface area contributed by atoms with Crippen molar-refractivity contribution in [3.05, 3.63) is 45.0 Å². The van der Waals surface area contributed by atoms with Gasteiger partial charge in [-0.3, -0.25) is 10.1 Å². The molecule has 0 N–H and O–H groups in total. The minimum absolute atomic E-state index is 0.0239. The Balaban J connectivity index is 2.50. The number of aromatic nitrogens is 1. The highest BCUT2D eigenvalue weighted by molar-refractivity contribution is 9.10. The molecule has 0 unspecified atom stereocenters. The highest BCUT2D eigenvalue weighted by atomic mass is 79.9. The maximum Gasteiger partial charge on any atom is 0.270 e. The molecule has 0 aliphatic heterocycles. The van der Waals surface area contributed by atoms with Gasteiger partial charge in [0.2, 0.25) is 0 Å². The Morgan fingerprint density at radius 3 is 2.87 bits per heavy atom. The number of rotatable bonds is 2. The molecule has 0 spiro atoms. The van der Waals surface area contributed by atoms with Gasteiger partial charge in [-0.25, -0.2) is 0 Å². The van der Waals surface area contributed by atoms with Gasteiger partial charge in [-0.05, 0) is 15.9 Å². The average molecular weight is 269 g/mol. The van der Waals surface area contributed by atoms with Crippen molar-refractivity contribution in [2.45, 2.75) is 0 Å². The SMILES string of the molecule is O=[N+]([O-])c1cccc(-c2oncc2Br)c1. The van der Waals surface area contributed by atoms with Crippen LogP contribution < -0.4 is 0 Å². The number of non-ortho nitro benzene ring substituents is 1. The molecule has 15 heavy (non-hydrogen) atoms. The van der Waals surface area contributed by atoms with Crippen molar-refractivity contribution in [1.29, 1.82) is 0 Å². The van der Waals surface area contributed by atoms with Crippen LogP contribution in [0, 0.1) is 10.1 Å². The molecular weight excluding hydrogens is 264 g/mol. The fraction of sp³-hybridized carbons (Fsp3) is 0. The Kier molecular flexibility index (Phi) is 2.51. The fourth-order valence-electron chi connectivity index (χ4n) is 1.18. The summed E-state index contributed by atoms with van der Waals surface area (Å²) in [5, 5.41) is 14.1. The molecule has 76 valence electrons. The van der Waals surface area contributed by atoms with Crippen LogP contribution in [0.1, 0.15) is 0 Å². The zero-order valence-corrected chi connectivity index (χ0v) is 8.97. The van der Waals surface area contributed by atoms with Crippen molar-refractivity contribution < 1.29 is 9.45 Å². The third-order valence-corrected chi connectivity index (χ3v) is 2.41. The second-order valence-electron chi connectivity index (χ2n) is 2.81.